The minimum absolute atomic E-state index is 0.0939. The van der Waals surface area contributed by atoms with Gasteiger partial charge in [-0.15, -0.1) is 0 Å². The summed E-state index contributed by atoms with van der Waals surface area (Å²) in [5.41, 5.74) is 1.34. The van der Waals surface area contributed by atoms with Crippen molar-refractivity contribution >= 4 is 12.4 Å². The summed E-state index contributed by atoms with van der Waals surface area (Å²) in [7, 11) is 2.06. The third-order valence-electron chi connectivity index (χ3n) is 5.91. The van der Waals surface area contributed by atoms with E-state index < -0.39 is 0 Å². The van der Waals surface area contributed by atoms with Crippen molar-refractivity contribution in [1.29, 1.82) is 0 Å². The van der Waals surface area contributed by atoms with Crippen molar-refractivity contribution in [3.63, 3.8) is 0 Å². The van der Waals surface area contributed by atoms with E-state index >= 15 is 0 Å². The molecule has 4 rings (SSSR count). The van der Waals surface area contributed by atoms with Crippen LogP contribution >= 0.6 is 0 Å². The van der Waals surface area contributed by atoms with Gasteiger partial charge in [-0.2, -0.15) is 0 Å². The average molecular weight is 472 g/mol. The molecule has 0 radical (unpaired) electrons. The Hall–Kier alpha value is -2.91. The summed E-state index contributed by atoms with van der Waals surface area (Å²) < 4.78 is 7.01. The van der Waals surface area contributed by atoms with Gasteiger partial charge in [-0.25, -0.2) is 9.59 Å². The zero-order chi connectivity index (χ0) is 24.7. The van der Waals surface area contributed by atoms with Crippen molar-refractivity contribution in [2.75, 3.05) is 46.3 Å². The van der Waals surface area contributed by atoms with E-state index in [2.05, 4.69) is 22.2 Å². The summed E-state index contributed by atoms with van der Waals surface area (Å²) in [6.45, 7) is 10.8. The van der Waals surface area contributed by atoms with Crippen LogP contribution in [0.2, 0.25) is 0 Å². The van der Waals surface area contributed by atoms with Gasteiger partial charge in [-0.1, -0.05) is 30.3 Å². The van der Waals surface area contributed by atoms with Crippen LogP contribution in [0.25, 0.3) is 11.3 Å². The van der Waals surface area contributed by atoms with Crippen LogP contribution in [0.5, 0.6) is 0 Å². The number of piperazine rings is 1. The first-order valence-electron chi connectivity index (χ1n) is 11.9. The molecule has 0 saturated carbocycles. The third-order valence-corrected chi connectivity index (χ3v) is 5.91. The molecule has 1 amide bonds. The number of aldehydes is 1. The lowest BCUT2D eigenvalue weighted by Crippen LogP contribution is -2.48. The third kappa shape index (κ3) is 6.80. The summed E-state index contributed by atoms with van der Waals surface area (Å²) in [6, 6.07) is 9.67. The Kier molecular flexibility index (Phi) is 8.68. The van der Waals surface area contributed by atoms with E-state index in [1.807, 2.05) is 51.1 Å². The number of carbonyl (C=O) groups is 2. The standard InChI is InChI=1S/C15H17N3O2.C10H20N2O2/c19-10-13-14(11-5-2-1-3-6-11)18(15(20)17-13)12-7-4-8-16-9-12;1-10(2,3)14-9(13)12-7-5-11(4)6-8-12/h1-3,5-6,10,12,16H,4,7-9H2,(H,17,20);5-8H2,1-4H3. The van der Waals surface area contributed by atoms with E-state index in [-0.39, 0.29) is 23.4 Å². The van der Waals surface area contributed by atoms with Crippen molar-refractivity contribution in [3.05, 3.63) is 46.5 Å². The van der Waals surface area contributed by atoms with Crippen molar-refractivity contribution < 1.29 is 14.3 Å². The molecule has 0 aliphatic carbocycles. The molecule has 2 N–H and O–H groups in total. The van der Waals surface area contributed by atoms with Crippen LogP contribution in [-0.2, 0) is 4.74 Å². The van der Waals surface area contributed by atoms with Gasteiger partial charge in [0.05, 0.1) is 11.7 Å². The molecule has 2 aromatic rings. The maximum atomic E-state index is 12.2. The fourth-order valence-electron chi connectivity index (χ4n) is 4.16. The molecule has 1 unspecified atom stereocenters. The minimum atomic E-state index is -0.388. The molecule has 34 heavy (non-hydrogen) atoms. The van der Waals surface area contributed by atoms with Crippen molar-refractivity contribution in [3.8, 4) is 11.3 Å². The monoisotopic (exact) mass is 471 g/mol. The van der Waals surface area contributed by atoms with Crippen LogP contribution in [0.3, 0.4) is 0 Å². The summed E-state index contributed by atoms with van der Waals surface area (Å²) >= 11 is 0. The summed E-state index contributed by atoms with van der Waals surface area (Å²) in [6.07, 6.45) is 2.51. The number of rotatable bonds is 3. The molecule has 1 aromatic heterocycles. The minimum Gasteiger partial charge on any atom is -0.444 e. The molecular weight excluding hydrogens is 434 g/mol. The van der Waals surface area contributed by atoms with Gasteiger partial charge in [0.15, 0.2) is 6.29 Å². The first kappa shape index (κ1) is 25.7. The number of hydrogen-bond donors (Lipinski definition) is 2. The maximum absolute atomic E-state index is 12.2. The highest BCUT2D eigenvalue weighted by Crippen LogP contribution is 2.26. The highest BCUT2D eigenvalue weighted by atomic mass is 16.6. The number of amides is 1. The molecule has 2 saturated heterocycles. The number of ether oxygens (including phenoxy) is 1. The smallest absolute Gasteiger partial charge is 0.410 e. The lowest BCUT2D eigenvalue weighted by molar-refractivity contribution is 0.0164. The first-order chi connectivity index (χ1) is 16.2. The number of likely N-dealkylation sites (N-methyl/N-ethyl adjacent to an activating group) is 1. The number of H-pyrrole nitrogens is 1. The van der Waals surface area contributed by atoms with Gasteiger partial charge < -0.3 is 24.8 Å². The number of carbonyl (C=O) groups excluding carboxylic acids is 2. The Bertz CT molecular complexity index is 995. The van der Waals surface area contributed by atoms with Crippen LogP contribution in [0.1, 0.15) is 50.1 Å². The van der Waals surface area contributed by atoms with E-state index in [1.54, 1.807) is 9.47 Å². The number of hydrogen-bond acceptors (Lipinski definition) is 6. The first-order valence-corrected chi connectivity index (χ1v) is 11.9. The number of imidazole rings is 1. The molecule has 2 aliphatic heterocycles. The van der Waals surface area contributed by atoms with Crippen LogP contribution in [0, 0.1) is 0 Å². The molecule has 2 aliphatic rings. The van der Waals surface area contributed by atoms with Crippen LogP contribution in [0.15, 0.2) is 35.1 Å². The Morgan fingerprint density at radius 3 is 2.35 bits per heavy atom. The summed E-state index contributed by atoms with van der Waals surface area (Å²) in [5.74, 6) is 0. The number of piperidine rings is 1. The van der Waals surface area contributed by atoms with Gasteiger partial charge in [0, 0.05) is 38.3 Å². The van der Waals surface area contributed by atoms with Gasteiger partial charge in [-0.3, -0.25) is 9.36 Å². The highest BCUT2D eigenvalue weighted by Gasteiger charge is 2.25. The van der Waals surface area contributed by atoms with Crippen molar-refractivity contribution in [2.45, 2.75) is 45.3 Å². The molecule has 2 fully saturated rings. The molecule has 1 aromatic carbocycles. The fourth-order valence-corrected chi connectivity index (χ4v) is 4.16. The molecule has 1 atom stereocenters. The summed E-state index contributed by atoms with van der Waals surface area (Å²) in [4.78, 5) is 41.7. The molecule has 0 bridgehead atoms. The van der Waals surface area contributed by atoms with Crippen LogP contribution < -0.4 is 11.0 Å². The number of nitrogens with one attached hydrogen (secondary N) is 2. The molecule has 3 heterocycles. The fraction of sp³-hybridized carbons (Fsp3) is 0.560. The van der Waals surface area contributed by atoms with E-state index in [1.165, 1.54) is 0 Å². The predicted octanol–water partition coefficient (Wildman–Crippen LogP) is 2.75. The van der Waals surface area contributed by atoms with Gasteiger partial charge >= 0.3 is 11.8 Å². The highest BCUT2D eigenvalue weighted by molar-refractivity contribution is 5.83. The Balaban J connectivity index is 0.000000204. The topological polar surface area (TPSA) is 99.7 Å². The second kappa shape index (κ2) is 11.5. The van der Waals surface area contributed by atoms with Gasteiger partial charge in [0.25, 0.3) is 0 Å². The second-order valence-electron chi connectivity index (χ2n) is 9.82. The van der Waals surface area contributed by atoms with E-state index in [0.29, 0.717) is 11.4 Å². The molecule has 0 spiro atoms. The Labute approximate surface area is 201 Å². The average Bonchev–Trinajstić information content (AvgIpc) is 3.16. The van der Waals surface area contributed by atoms with Crippen LogP contribution in [0.4, 0.5) is 4.79 Å². The lowest BCUT2D eigenvalue weighted by atomic mass is 10.1. The number of aromatic amines is 1. The number of benzene rings is 1. The SMILES string of the molecule is CN1CCN(C(=O)OC(C)(C)C)CC1.O=Cc1[nH]c(=O)n(C2CCCNC2)c1-c1ccccc1. The van der Waals surface area contributed by atoms with Crippen molar-refractivity contribution in [1.82, 2.24) is 24.7 Å². The number of nitrogens with zero attached hydrogens (tertiary/aromatic N) is 3. The van der Waals surface area contributed by atoms with Crippen molar-refractivity contribution in [2.24, 2.45) is 0 Å². The van der Waals surface area contributed by atoms with E-state index in [0.717, 1.165) is 64.0 Å². The lowest BCUT2D eigenvalue weighted by Gasteiger charge is -2.33. The zero-order valence-electron chi connectivity index (χ0n) is 20.7. The quantitative estimate of drug-likeness (QED) is 0.668. The summed E-state index contributed by atoms with van der Waals surface area (Å²) in [5, 5.41) is 3.30. The second-order valence-corrected chi connectivity index (χ2v) is 9.82. The zero-order valence-corrected chi connectivity index (χ0v) is 20.7. The number of aromatic nitrogens is 2. The molecule has 186 valence electrons. The van der Waals surface area contributed by atoms with Gasteiger partial charge in [-0.05, 0) is 47.2 Å². The normalized spacial score (nSPS) is 19.2. The van der Waals surface area contributed by atoms with Gasteiger partial charge in [0.1, 0.15) is 11.3 Å². The predicted molar refractivity (Wildman–Crippen MR) is 132 cm³/mol. The largest absolute Gasteiger partial charge is 0.444 e. The van der Waals surface area contributed by atoms with Gasteiger partial charge in [0.2, 0.25) is 0 Å². The molecular formula is C25H37N5O4. The Morgan fingerprint density at radius 2 is 1.79 bits per heavy atom. The Morgan fingerprint density at radius 1 is 1.12 bits per heavy atom. The van der Waals surface area contributed by atoms with E-state index in [9.17, 15) is 14.4 Å². The molecule has 9 nitrogen and oxygen atoms in total. The maximum Gasteiger partial charge on any atom is 0.410 e. The van der Waals surface area contributed by atoms with Crippen LogP contribution in [-0.4, -0.2) is 83.6 Å². The van der Waals surface area contributed by atoms with E-state index in [4.69, 9.17) is 4.74 Å². The molecule has 9 heteroatoms.